The molecule has 0 spiro atoms. The molecule has 0 saturated heterocycles. The highest BCUT2D eigenvalue weighted by molar-refractivity contribution is 5.90. The molecular formula is C14H16N4. The Balaban J connectivity index is 2.69. The minimum Gasteiger partial charge on any atom is -0.399 e. The van der Waals surface area contributed by atoms with E-state index in [0.29, 0.717) is 0 Å². The molecule has 0 aliphatic heterocycles. The lowest BCUT2D eigenvalue weighted by Crippen LogP contribution is -2.02. The van der Waals surface area contributed by atoms with E-state index >= 15 is 0 Å². The molecule has 0 unspecified atom stereocenters. The molecular weight excluding hydrogens is 224 g/mol. The molecule has 2 aromatic rings. The molecule has 0 amide bonds. The second kappa shape index (κ2) is 4.96. The van der Waals surface area contributed by atoms with Gasteiger partial charge in [0.15, 0.2) is 0 Å². The van der Waals surface area contributed by atoms with Crippen LogP contribution in [0.1, 0.15) is 17.1 Å². The van der Waals surface area contributed by atoms with Crippen molar-refractivity contribution in [2.75, 3.05) is 12.8 Å². The van der Waals surface area contributed by atoms with E-state index in [2.05, 4.69) is 15.0 Å². The number of benzene rings is 1. The number of hydrogen-bond donors (Lipinski definition) is 1. The van der Waals surface area contributed by atoms with Crippen LogP contribution < -0.4 is 5.73 Å². The van der Waals surface area contributed by atoms with E-state index in [9.17, 15) is 0 Å². The number of aromatic nitrogens is 2. The van der Waals surface area contributed by atoms with Gasteiger partial charge in [-0.15, -0.1) is 0 Å². The molecule has 2 rings (SSSR count). The summed E-state index contributed by atoms with van der Waals surface area (Å²) >= 11 is 0. The Hall–Kier alpha value is -2.23. The van der Waals surface area contributed by atoms with Gasteiger partial charge in [0.05, 0.1) is 11.4 Å². The van der Waals surface area contributed by atoms with Gasteiger partial charge in [0.25, 0.3) is 0 Å². The van der Waals surface area contributed by atoms with E-state index in [1.807, 2.05) is 38.1 Å². The number of hydrogen-bond acceptors (Lipinski definition) is 4. The number of nitrogens with two attached hydrogens (primary N) is 1. The van der Waals surface area contributed by atoms with Crippen LogP contribution in [-0.2, 0) is 0 Å². The summed E-state index contributed by atoms with van der Waals surface area (Å²) in [6, 6.07) is 7.68. The Labute approximate surface area is 107 Å². The molecule has 0 aliphatic carbocycles. The molecule has 0 bridgehead atoms. The molecule has 0 saturated carbocycles. The van der Waals surface area contributed by atoms with E-state index in [4.69, 9.17) is 5.73 Å². The third-order valence-electron chi connectivity index (χ3n) is 2.67. The first-order valence-electron chi connectivity index (χ1n) is 5.75. The van der Waals surface area contributed by atoms with E-state index in [1.54, 1.807) is 13.3 Å². The van der Waals surface area contributed by atoms with Crippen molar-refractivity contribution in [2.24, 2.45) is 4.99 Å². The Bertz CT molecular complexity index is 603. The first-order chi connectivity index (χ1) is 8.61. The average molecular weight is 240 g/mol. The topological polar surface area (TPSA) is 64.2 Å². The fourth-order valence-corrected chi connectivity index (χ4v) is 1.91. The molecule has 2 N–H and O–H groups in total. The lowest BCUT2D eigenvalue weighted by atomic mass is 10.0. The van der Waals surface area contributed by atoms with Crippen molar-refractivity contribution in [1.82, 2.24) is 9.97 Å². The van der Waals surface area contributed by atoms with Crippen LogP contribution in [0.3, 0.4) is 0 Å². The maximum absolute atomic E-state index is 5.82. The summed E-state index contributed by atoms with van der Waals surface area (Å²) in [7, 11) is 1.74. The van der Waals surface area contributed by atoms with Gasteiger partial charge < -0.3 is 5.73 Å². The van der Waals surface area contributed by atoms with Gasteiger partial charge in [-0.1, -0.05) is 12.1 Å². The third-order valence-corrected chi connectivity index (χ3v) is 2.67. The molecule has 92 valence electrons. The largest absolute Gasteiger partial charge is 0.399 e. The van der Waals surface area contributed by atoms with Crippen molar-refractivity contribution in [3.8, 4) is 11.3 Å². The van der Waals surface area contributed by atoms with Crippen LogP contribution in [0.2, 0.25) is 0 Å². The molecule has 0 fully saturated rings. The van der Waals surface area contributed by atoms with Crippen LogP contribution in [0.5, 0.6) is 0 Å². The molecule has 1 aromatic carbocycles. The van der Waals surface area contributed by atoms with Gasteiger partial charge in [-0.3, -0.25) is 4.99 Å². The van der Waals surface area contributed by atoms with Crippen molar-refractivity contribution in [3.05, 3.63) is 41.3 Å². The number of nitrogen functional groups attached to an aromatic ring is 1. The summed E-state index contributed by atoms with van der Waals surface area (Å²) in [5.74, 6) is 0.748. The quantitative estimate of drug-likeness (QED) is 0.647. The minimum atomic E-state index is 0.723. The molecule has 1 aromatic heterocycles. The summed E-state index contributed by atoms with van der Waals surface area (Å²) in [5.41, 5.74) is 10.3. The molecule has 1 heterocycles. The van der Waals surface area contributed by atoms with E-state index in [1.165, 1.54) is 0 Å². The molecule has 0 radical (unpaired) electrons. The molecule has 4 heteroatoms. The zero-order valence-electron chi connectivity index (χ0n) is 10.8. The second-order valence-corrected chi connectivity index (χ2v) is 4.13. The van der Waals surface area contributed by atoms with Crippen LogP contribution >= 0.6 is 0 Å². The van der Waals surface area contributed by atoms with Crippen LogP contribution in [0.25, 0.3) is 11.3 Å². The first-order valence-corrected chi connectivity index (χ1v) is 5.75. The van der Waals surface area contributed by atoms with Gasteiger partial charge in [-0.2, -0.15) is 0 Å². The molecule has 0 atom stereocenters. The Kier molecular flexibility index (Phi) is 3.37. The van der Waals surface area contributed by atoms with Gasteiger partial charge >= 0.3 is 0 Å². The Morgan fingerprint density at radius 1 is 1.22 bits per heavy atom. The summed E-state index contributed by atoms with van der Waals surface area (Å²) in [6.45, 7) is 3.84. The molecule has 4 nitrogen and oxygen atoms in total. The Morgan fingerprint density at radius 3 is 2.67 bits per heavy atom. The maximum Gasteiger partial charge on any atom is 0.126 e. The van der Waals surface area contributed by atoms with Crippen molar-refractivity contribution < 1.29 is 0 Å². The van der Waals surface area contributed by atoms with Gasteiger partial charge in [-0.25, -0.2) is 9.97 Å². The lowest BCUT2D eigenvalue weighted by molar-refractivity contribution is 1.01. The molecule has 0 aliphatic rings. The van der Waals surface area contributed by atoms with Gasteiger partial charge in [0.2, 0.25) is 0 Å². The standard InChI is InChI=1S/C14H16N4/c1-9-13(8-16-3)14(18-10(2)17-9)11-5-4-6-12(15)7-11/h4-8H,15H2,1-3H3/b16-8-. The predicted octanol–water partition coefficient (Wildman–Crippen LogP) is 2.39. The fraction of sp³-hybridized carbons (Fsp3) is 0.214. The van der Waals surface area contributed by atoms with Crippen molar-refractivity contribution in [3.63, 3.8) is 0 Å². The predicted molar refractivity (Wildman–Crippen MR) is 74.9 cm³/mol. The number of nitrogens with zero attached hydrogens (tertiary/aromatic N) is 3. The van der Waals surface area contributed by atoms with Crippen LogP contribution in [-0.4, -0.2) is 23.2 Å². The number of rotatable bonds is 2. The van der Waals surface area contributed by atoms with Crippen LogP contribution in [0.15, 0.2) is 29.3 Å². The van der Waals surface area contributed by atoms with E-state index in [-0.39, 0.29) is 0 Å². The summed E-state index contributed by atoms with van der Waals surface area (Å²) in [4.78, 5) is 12.9. The summed E-state index contributed by atoms with van der Waals surface area (Å²) in [6.07, 6.45) is 1.79. The average Bonchev–Trinajstić information content (AvgIpc) is 2.32. The number of aliphatic imine (C=N–C) groups is 1. The second-order valence-electron chi connectivity index (χ2n) is 4.13. The van der Waals surface area contributed by atoms with Gasteiger partial charge in [0, 0.05) is 30.1 Å². The highest BCUT2D eigenvalue weighted by atomic mass is 14.9. The van der Waals surface area contributed by atoms with Gasteiger partial charge in [0.1, 0.15) is 5.82 Å². The fourth-order valence-electron chi connectivity index (χ4n) is 1.91. The summed E-state index contributed by atoms with van der Waals surface area (Å²) in [5, 5.41) is 0. The Morgan fingerprint density at radius 2 is 2.00 bits per heavy atom. The van der Waals surface area contributed by atoms with Crippen LogP contribution in [0.4, 0.5) is 5.69 Å². The highest BCUT2D eigenvalue weighted by Crippen LogP contribution is 2.24. The maximum atomic E-state index is 5.82. The third kappa shape index (κ3) is 2.37. The van der Waals surface area contributed by atoms with Crippen molar-refractivity contribution >= 4 is 11.9 Å². The van der Waals surface area contributed by atoms with Crippen molar-refractivity contribution in [1.29, 1.82) is 0 Å². The van der Waals surface area contributed by atoms with E-state index in [0.717, 1.165) is 34.0 Å². The zero-order valence-corrected chi connectivity index (χ0v) is 10.8. The zero-order chi connectivity index (χ0) is 13.1. The smallest absolute Gasteiger partial charge is 0.126 e. The SMILES string of the molecule is C/N=C\c1c(C)nc(C)nc1-c1cccc(N)c1. The normalized spacial score (nSPS) is 11.1. The van der Waals surface area contributed by atoms with Crippen molar-refractivity contribution in [2.45, 2.75) is 13.8 Å². The summed E-state index contributed by atoms with van der Waals surface area (Å²) < 4.78 is 0. The number of anilines is 1. The molecule has 18 heavy (non-hydrogen) atoms. The lowest BCUT2D eigenvalue weighted by Gasteiger charge is -2.09. The van der Waals surface area contributed by atoms with Crippen LogP contribution in [0, 0.1) is 13.8 Å². The first kappa shape index (κ1) is 12.2. The highest BCUT2D eigenvalue weighted by Gasteiger charge is 2.10. The van der Waals surface area contributed by atoms with E-state index < -0.39 is 0 Å². The minimum absolute atomic E-state index is 0.723. The number of aryl methyl sites for hydroxylation is 2. The monoisotopic (exact) mass is 240 g/mol. The van der Waals surface area contributed by atoms with Gasteiger partial charge in [-0.05, 0) is 26.0 Å².